The molecule has 0 amide bonds. The van der Waals surface area contributed by atoms with Gasteiger partial charge in [-0.1, -0.05) is 12.8 Å². The Morgan fingerprint density at radius 1 is 1.05 bits per heavy atom. The molecule has 110 valence electrons. The van der Waals surface area contributed by atoms with Crippen molar-refractivity contribution in [1.29, 1.82) is 0 Å². The Kier molecular flexibility index (Phi) is 4.45. The topological polar surface area (TPSA) is 32.5 Å². The summed E-state index contributed by atoms with van der Waals surface area (Å²) in [7, 11) is 2.31. The first kappa shape index (κ1) is 13.8. The van der Waals surface area contributed by atoms with Crippen LogP contribution in [0.3, 0.4) is 0 Å². The summed E-state index contributed by atoms with van der Waals surface area (Å²) in [6, 6.07) is 1.33. The molecule has 0 radical (unpaired) electrons. The van der Waals surface area contributed by atoms with Gasteiger partial charge in [-0.05, 0) is 64.1 Å². The lowest BCUT2D eigenvalue weighted by Gasteiger charge is -2.33. The largest absolute Gasteiger partial charge is 0.327 e. The second-order valence-electron chi connectivity index (χ2n) is 7.20. The quantitative estimate of drug-likeness (QED) is 0.846. The van der Waals surface area contributed by atoms with E-state index in [4.69, 9.17) is 5.73 Å². The van der Waals surface area contributed by atoms with Gasteiger partial charge in [0.2, 0.25) is 0 Å². The first-order chi connectivity index (χ1) is 9.24. The molecule has 2 heterocycles. The maximum atomic E-state index is 6.31. The van der Waals surface area contributed by atoms with Crippen LogP contribution in [0.25, 0.3) is 0 Å². The highest BCUT2D eigenvalue weighted by atomic mass is 15.2. The van der Waals surface area contributed by atoms with Crippen molar-refractivity contribution in [2.24, 2.45) is 17.6 Å². The molecule has 0 aromatic carbocycles. The molecule has 2 aliphatic heterocycles. The van der Waals surface area contributed by atoms with Gasteiger partial charge in [0, 0.05) is 25.2 Å². The number of hydrogen-bond acceptors (Lipinski definition) is 3. The van der Waals surface area contributed by atoms with Crippen LogP contribution in [-0.4, -0.2) is 55.1 Å². The fraction of sp³-hybridized carbons (Fsp3) is 1.00. The van der Waals surface area contributed by atoms with Crippen molar-refractivity contribution in [3.63, 3.8) is 0 Å². The van der Waals surface area contributed by atoms with Gasteiger partial charge in [0.15, 0.2) is 0 Å². The Hall–Kier alpha value is -0.120. The zero-order chi connectivity index (χ0) is 13.2. The number of hydrogen-bond donors (Lipinski definition) is 1. The predicted molar refractivity (Wildman–Crippen MR) is 80.1 cm³/mol. The van der Waals surface area contributed by atoms with Gasteiger partial charge in [-0.3, -0.25) is 0 Å². The Balaban J connectivity index is 1.46. The Morgan fingerprint density at radius 2 is 1.95 bits per heavy atom. The molecule has 0 spiro atoms. The molecule has 0 aromatic rings. The van der Waals surface area contributed by atoms with Gasteiger partial charge in [0.05, 0.1) is 0 Å². The predicted octanol–water partition coefficient (Wildman–Crippen LogP) is 1.92. The number of fused-ring (bicyclic) bond motifs is 1. The van der Waals surface area contributed by atoms with E-state index in [-0.39, 0.29) is 0 Å². The van der Waals surface area contributed by atoms with E-state index in [1.165, 1.54) is 71.1 Å². The van der Waals surface area contributed by atoms with Crippen LogP contribution in [0.1, 0.15) is 44.9 Å². The van der Waals surface area contributed by atoms with Crippen molar-refractivity contribution in [3.8, 4) is 0 Å². The van der Waals surface area contributed by atoms with Gasteiger partial charge in [-0.2, -0.15) is 0 Å². The summed E-state index contributed by atoms with van der Waals surface area (Å²) in [4.78, 5) is 5.29. The highest BCUT2D eigenvalue weighted by molar-refractivity contribution is 4.93. The van der Waals surface area contributed by atoms with Crippen molar-refractivity contribution in [3.05, 3.63) is 0 Å². The lowest BCUT2D eigenvalue weighted by molar-refractivity contribution is 0.159. The van der Waals surface area contributed by atoms with E-state index in [9.17, 15) is 0 Å². The van der Waals surface area contributed by atoms with E-state index >= 15 is 0 Å². The van der Waals surface area contributed by atoms with Crippen LogP contribution in [0.4, 0.5) is 0 Å². The van der Waals surface area contributed by atoms with Gasteiger partial charge >= 0.3 is 0 Å². The first-order valence-electron chi connectivity index (χ1n) is 8.42. The lowest BCUT2D eigenvalue weighted by atomic mass is 9.78. The summed E-state index contributed by atoms with van der Waals surface area (Å²) in [5.74, 6) is 1.71. The molecule has 3 fully saturated rings. The van der Waals surface area contributed by atoms with E-state index in [1.54, 1.807) is 0 Å². The van der Waals surface area contributed by atoms with Gasteiger partial charge in [0.1, 0.15) is 0 Å². The SMILES string of the molecule is CN1CCCCC1CCN1CC2CCCC(N)C2C1. The summed E-state index contributed by atoms with van der Waals surface area (Å²) in [6.45, 7) is 5.21. The fourth-order valence-corrected chi connectivity index (χ4v) is 4.63. The lowest BCUT2D eigenvalue weighted by Crippen LogP contribution is -2.39. The molecule has 3 rings (SSSR count). The minimum atomic E-state index is 0.487. The number of rotatable bonds is 3. The van der Waals surface area contributed by atoms with Crippen molar-refractivity contribution in [1.82, 2.24) is 9.80 Å². The maximum absolute atomic E-state index is 6.31. The summed E-state index contributed by atoms with van der Waals surface area (Å²) in [5.41, 5.74) is 6.31. The first-order valence-corrected chi connectivity index (χ1v) is 8.42. The van der Waals surface area contributed by atoms with Crippen molar-refractivity contribution < 1.29 is 0 Å². The third kappa shape index (κ3) is 3.14. The highest BCUT2D eigenvalue weighted by Crippen LogP contribution is 2.35. The summed E-state index contributed by atoms with van der Waals surface area (Å²) in [5, 5.41) is 0. The van der Waals surface area contributed by atoms with Crippen LogP contribution in [0.15, 0.2) is 0 Å². The highest BCUT2D eigenvalue weighted by Gasteiger charge is 2.38. The zero-order valence-corrected chi connectivity index (χ0v) is 12.6. The minimum Gasteiger partial charge on any atom is -0.327 e. The fourth-order valence-electron chi connectivity index (χ4n) is 4.63. The molecule has 3 heteroatoms. The monoisotopic (exact) mass is 265 g/mol. The summed E-state index contributed by atoms with van der Waals surface area (Å²) in [6.07, 6.45) is 9.67. The third-order valence-corrected chi connectivity index (χ3v) is 5.93. The molecule has 0 aromatic heterocycles. The summed E-state index contributed by atoms with van der Waals surface area (Å²) < 4.78 is 0. The van der Waals surface area contributed by atoms with Gasteiger partial charge in [-0.25, -0.2) is 0 Å². The van der Waals surface area contributed by atoms with E-state index in [0.717, 1.165) is 17.9 Å². The zero-order valence-electron chi connectivity index (χ0n) is 12.6. The van der Waals surface area contributed by atoms with Crippen LogP contribution < -0.4 is 5.73 Å². The van der Waals surface area contributed by atoms with Crippen molar-refractivity contribution in [2.45, 2.75) is 57.0 Å². The molecule has 0 bridgehead atoms. The number of piperidine rings is 1. The average molecular weight is 265 g/mol. The molecule has 1 aliphatic carbocycles. The minimum absolute atomic E-state index is 0.487. The smallest absolute Gasteiger partial charge is 0.0104 e. The second-order valence-corrected chi connectivity index (χ2v) is 7.20. The van der Waals surface area contributed by atoms with Crippen LogP contribution in [0.2, 0.25) is 0 Å². The van der Waals surface area contributed by atoms with Gasteiger partial charge in [-0.15, -0.1) is 0 Å². The standard InChI is InChI=1S/C16H31N3/c1-18-9-3-2-6-14(18)8-10-19-11-13-5-4-7-16(17)15(13)12-19/h13-16H,2-12,17H2,1H3. The molecular formula is C16H31N3. The van der Waals surface area contributed by atoms with Crippen molar-refractivity contribution in [2.75, 3.05) is 33.2 Å². The average Bonchev–Trinajstić information content (AvgIpc) is 2.82. The summed E-state index contributed by atoms with van der Waals surface area (Å²) >= 11 is 0. The van der Waals surface area contributed by atoms with Crippen LogP contribution in [0, 0.1) is 11.8 Å². The maximum Gasteiger partial charge on any atom is 0.0104 e. The molecular weight excluding hydrogens is 234 g/mol. The molecule has 4 unspecified atom stereocenters. The Morgan fingerprint density at radius 3 is 2.74 bits per heavy atom. The molecule has 19 heavy (non-hydrogen) atoms. The van der Waals surface area contributed by atoms with E-state index in [0.29, 0.717) is 6.04 Å². The van der Waals surface area contributed by atoms with Crippen molar-refractivity contribution >= 4 is 0 Å². The van der Waals surface area contributed by atoms with Gasteiger partial charge < -0.3 is 15.5 Å². The number of nitrogens with zero attached hydrogens (tertiary/aromatic N) is 2. The Bertz CT molecular complexity index is 294. The molecule has 1 saturated carbocycles. The Labute approximate surface area is 118 Å². The van der Waals surface area contributed by atoms with E-state index < -0.39 is 0 Å². The second kappa shape index (κ2) is 6.11. The number of nitrogens with two attached hydrogens (primary N) is 1. The third-order valence-electron chi connectivity index (χ3n) is 5.93. The normalized spacial score (nSPS) is 41.4. The van der Waals surface area contributed by atoms with Crippen LogP contribution in [0.5, 0.6) is 0 Å². The molecule has 2 saturated heterocycles. The van der Waals surface area contributed by atoms with E-state index in [2.05, 4.69) is 16.8 Å². The molecule has 4 atom stereocenters. The van der Waals surface area contributed by atoms with E-state index in [1.807, 2.05) is 0 Å². The van der Waals surface area contributed by atoms with Gasteiger partial charge in [0.25, 0.3) is 0 Å². The van der Waals surface area contributed by atoms with Crippen LogP contribution in [-0.2, 0) is 0 Å². The molecule has 3 nitrogen and oxygen atoms in total. The number of likely N-dealkylation sites (tertiary alicyclic amines) is 2. The molecule has 3 aliphatic rings. The van der Waals surface area contributed by atoms with Crippen LogP contribution >= 0.6 is 0 Å². The molecule has 2 N–H and O–H groups in total.